The zero-order valence-corrected chi connectivity index (χ0v) is 11.2. The molecule has 2 aliphatic heterocycles. The number of rotatable bonds is 3. The largest absolute Gasteiger partial charge is 0.373 e. The summed E-state index contributed by atoms with van der Waals surface area (Å²) in [6.07, 6.45) is 2.72. The van der Waals surface area contributed by atoms with Crippen LogP contribution in [0.2, 0.25) is 0 Å². The quantitative estimate of drug-likeness (QED) is 0.824. The van der Waals surface area contributed by atoms with E-state index < -0.39 is 0 Å². The number of H-pyrrole nitrogens is 1. The fourth-order valence-electron chi connectivity index (χ4n) is 2.90. The Labute approximate surface area is 112 Å². The molecule has 2 atom stereocenters. The minimum absolute atomic E-state index is 0.126. The van der Waals surface area contributed by atoms with Crippen molar-refractivity contribution in [3.05, 3.63) is 22.2 Å². The summed E-state index contributed by atoms with van der Waals surface area (Å²) in [4.78, 5) is 20.7. The van der Waals surface area contributed by atoms with Crippen LogP contribution < -0.4 is 10.9 Å². The number of nitrogens with one attached hydrogen (secondary N) is 2. The third-order valence-corrected chi connectivity index (χ3v) is 3.83. The molecular formula is C13H20N4O2. The number of hydrogen-bond acceptors (Lipinski definition) is 5. The number of aromatic amines is 1. The van der Waals surface area contributed by atoms with Crippen molar-refractivity contribution in [3.8, 4) is 0 Å². The molecule has 0 spiro atoms. The van der Waals surface area contributed by atoms with E-state index in [2.05, 4.69) is 20.2 Å². The molecule has 0 aliphatic carbocycles. The van der Waals surface area contributed by atoms with E-state index in [1.807, 2.05) is 0 Å². The maximum Gasteiger partial charge on any atom is 0.252 e. The Balaban J connectivity index is 1.56. The second-order valence-electron chi connectivity index (χ2n) is 5.34. The molecule has 3 heterocycles. The third-order valence-electron chi connectivity index (χ3n) is 3.83. The first-order valence-electron chi connectivity index (χ1n) is 6.88. The van der Waals surface area contributed by atoms with Crippen LogP contribution in [0.25, 0.3) is 0 Å². The van der Waals surface area contributed by atoms with Crippen LogP contribution in [0.15, 0.2) is 10.9 Å². The summed E-state index contributed by atoms with van der Waals surface area (Å²) in [5.74, 6) is 1.24. The van der Waals surface area contributed by atoms with Gasteiger partial charge in [-0.05, 0) is 26.3 Å². The van der Waals surface area contributed by atoms with Gasteiger partial charge in [0.1, 0.15) is 11.6 Å². The average molecular weight is 264 g/mol. The molecule has 0 aromatic carbocycles. The van der Waals surface area contributed by atoms with Crippen LogP contribution in [0.1, 0.15) is 18.7 Å². The Kier molecular flexibility index (Phi) is 3.52. The lowest BCUT2D eigenvalue weighted by atomic mass is 10.2. The predicted molar refractivity (Wildman–Crippen MR) is 72.4 cm³/mol. The van der Waals surface area contributed by atoms with E-state index in [0.29, 0.717) is 24.2 Å². The van der Waals surface area contributed by atoms with Gasteiger partial charge in [0.15, 0.2) is 0 Å². The number of nitrogens with zero attached hydrogens (tertiary/aromatic N) is 2. The summed E-state index contributed by atoms with van der Waals surface area (Å²) < 4.78 is 5.86. The van der Waals surface area contributed by atoms with Gasteiger partial charge in [0.25, 0.3) is 5.56 Å². The minimum atomic E-state index is -0.126. The lowest BCUT2D eigenvalue weighted by molar-refractivity contribution is -0.0416. The molecule has 0 bridgehead atoms. The maximum atomic E-state index is 11.3. The summed E-state index contributed by atoms with van der Waals surface area (Å²) in [6, 6.07) is 2.10. The van der Waals surface area contributed by atoms with E-state index in [1.54, 1.807) is 6.92 Å². The van der Waals surface area contributed by atoms with Gasteiger partial charge in [0.2, 0.25) is 0 Å². The minimum Gasteiger partial charge on any atom is -0.373 e. The van der Waals surface area contributed by atoms with Crippen molar-refractivity contribution in [1.82, 2.24) is 14.9 Å². The van der Waals surface area contributed by atoms with Crippen molar-refractivity contribution in [1.29, 1.82) is 0 Å². The normalized spacial score (nSPS) is 27.2. The van der Waals surface area contributed by atoms with E-state index in [9.17, 15) is 4.79 Å². The molecular weight excluding hydrogens is 244 g/mol. The highest BCUT2D eigenvalue weighted by Crippen LogP contribution is 2.22. The number of anilines is 1. The molecule has 2 aliphatic rings. The zero-order chi connectivity index (χ0) is 13.2. The van der Waals surface area contributed by atoms with Crippen molar-refractivity contribution >= 4 is 5.82 Å². The number of ether oxygens (including phenoxy) is 1. The van der Waals surface area contributed by atoms with Gasteiger partial charge in [0, 0.05) is 25.2 Å². The number of morpholine rings is 1. The highest BCUT2D eigenvalue weighted by molar-refractivity contribution is 5.32. The molecule has 3 rings (SSSR count). The van der Waals surface area contributed by atoms with Gasteiger partial charge in [0.05, 0.1) is 12.7 Å². The van der Waals surface area contributed by atoms with E-state index in [1.165, 1.54) is 25.5 Å². The Hall–Kier alpha value is -1.40. The van der Waals surface area contributed by atoms with E-state index in [-0.39, 0.29) is 11.7 Å². The molecule has 0 amide bonds. The first-order valence-corrected chi connectivity index (χ1v) is 6.88. The van der Waals surface area contributed by atoms with Gasteiger partial charge in [-0.25, -0.2) is 4.98 Å². The van der Waals surface area contributed by atoms with Gasteiger partial charge in [-0.1, -0.05) is 0 Å². The molecule has 19 heavy (non-hydrogen) atoms. The highest BCUT2D eigenvalue weighted by Gasteiger charge is 2.31. The fraction of sp³-hybridized carbons (Fsp3) is 0.692. The Morgan fingerprint density at radius 2 is 2.53 bits per heavy atom. The molecule has 2 N–H and O–H groups in total. The molecule has 2 unspecified atom stereocenters. The lowest BCUT2D eigenvalue weighted by Crippen LogP contribution is -2.48. The summed E-state index contributed by atoms with van der Waals surface area (Å²) in [5.41, 5.74) is -0.126. The number of fused-ring (bicyclic) bond motifs is 1. The van der Waals surface area contributed by atoms with E-state index in [4.69, 9.17) is 4.74 Å². The van der Waals surface area contributed by atoms with Gasteiger partial charge in [-0.3, -0.25) is 9.69 Å². The molecule has 1 aromatic heterocycles. The van der Waals surface area contributed by atoms with Gasteiger partial charge >= 0.3 is 0 Å². The SMILES string of the molecule is Cc1nc(NCC2CN3CCCC3CO2)cc(=O)[nH]1. The standard InChI is InChI=1S/C13H20N4O2/c1-9-15-12(5-13(18)16-9)14-6-11-7-17-4-2-3-10(17)8-19-11/h5,10-11H,2-4,6-8H2,1H3,(H2,14,15,16,18). The number of hydrogen-bond donors (Lipinski definition) is 2. The monoisotopic (exact) mass is 264 g/mol. The smallest absolute Gasteiger partial charge is 0.252 e. The van der Waals surface area contributed by atoms with Crippen LogP contribution in [0.5, 0.6) is 0 Å². The first kappa shape index (κ1) is 12.6. The van der Waals surface area contributed by atoms with Crippen LogP contribution >= 0.6 is 0 Å². The molecule has 2 saturated heterocycles. The summed E-state index contributed by atoms with van der Waals surface area (Å²) >= 11 is 0. The maximum absolute atomic E-state index is 11.3. The predicted octanol–water partition coefficient (Wildman–Crippen LogP) is 0.353. The molecule has 0 saturated carbocycles. The topological polar surface area (TPSA) is 70.2 Å². The molecule has 6 heteroatoms. The summed E-state index contributed by atoms with van der Waals surface area (Å²) in [7, 11) is 0. The molecule has 1 aromatic rings. The lowest BCUT2D eigenvalue weighted by Gasteiger charge is -2.35. The average Bonchev–Trinajstić information content (AvgIpc) is 2.82. The Morgan fingerprint density at radius 3 is 3.37 bits per heavy atom. The van der Waals surface area contributed by atoms with Crippen LogP contribution in [-0.4, -0.2) is 53.3 Å². The number of aryl methyl sites for hydroxylation is 1. The van der Waals surface area contributed by atoms with Gasteiger partial charge < -0.3 is 15.0 Å². The van der Waals surface area contributed by atoms with Crippen molar-refractivity contribution in [2.24, 2.45) is 0 Å². The van der Waals surface area contributed by atoms with Crippen LogP contribution in [-0.2, 0) is 4.74 Å². The molecule has 6 nitrogen and oxygen atoms in total. The van der Waals surface area contributed by atoms with Gasteiger partial charge in [-0.2, -0.15) is 0 Å². The van der Waals surface area contributed by atoms with Crippen molar-refractivity contribution in [3.63, 3.8) is 0 Å². The Bertz CT molecular complexity index is 502. The second-order valence-corrected chi connectivity index (χ2v) is 5.34. The molecule has 0 radical (unpaired) electrons. The van der Waals surface area contributed by atoms with Crippen LogP contribution in [0.4, 0.5) is 5.82 Å². The van der Waals surface area contributed by atoms with Crippen molar-refractivity contribution in [2.75, 3.05) is 31.6 Å². The molecule has 104 valence electrons. The highest BCUT2D eigenvalue weighted by atomic mass is 16.5. The van der Waals surface area contributed by atoms with Gasteiger partial charge in [-0.15, -0.1) is 0 Å². The molecule has 2 fully saturated rings. The van der Waals surface area contributed by atoms with Crippen LogP contribution in [0, 0.1) is 6.92 Å². The third kappa shape index (κ3) is 2.96. The number of aromatic nitrogens is 2. The zero-order valence-electron chi connectivity index (χ0n) is 11.2. The van der Waals surface area contributed by atoms with Crippen molar-refractivity contribution in [2.45, 2.75) is 31.9 Å². The second kappa shape index (κ2) is 5.30. The fourth-order valence-corrected chi connectivity index (χ4v) is 2.90. The first-order chi connectivity index (χ1) is 9.20. The van der Waals surface area contributed by atoms with Crippen LogP contribution in [0.3, 0.4) is 0 Å². The van der Waals surface area contributed by atoms with E-state index >= 15 is 0 Å². The Morgan fingerprint density at radius 1 is 1.63 bits per heavy atom. The summed E-state index contributed by atoms with van der Waals surface area (Å²) in [5, 5.41) is 3.19. The van der Waals surface area contributed by atoms with E-state index in [0.717, 1.165) is 13.2 Å². The summed E-state index contributed by atoms with van der Waals surface area (Å²) in [6.45, 7) is 5.46. The van der Waals surface area contributed by atoms with Crippen molar-refractivity contribution < 1.29 is 4.74 Å².